The SMILES string of the molecule is CC(=O)c1ccc(OC2CCC(C)CC2)cc1. The third kappa shape index (κ3) is 3.32. The lowest BCUT2D eigenvalue weighted by Crippen LogP contribution is -2.22. The Kier molecular flexibility index (Phi) is 3.82. The Morgan fingerprint density at radius 3 is 2.24 bits per heavy atom. The number of benzene rings is 1. The van der Waals surface area contributed by atoms with Crippen LogP contribution in [0.4, 0.5) is 0 Å². The molecule has 0 atom stereocenters. The predicted molar refractivity (Wildman–Crippen MR) is 68.5 cm³/mol. The minimum absolute atomic E-state index is 0.100. The molecule has 0 saturated heterocycles. The molecule has 1 saturated carbocycles. The van der Waals surface area contributed by atoms with Gasteiger partial charge in [-0.05, 0) is 62.8 Å². The number of rotatable bonds is 3. The van der Waals surface area contributed by atoms with E-state index in [0.717, 1.165) is 30.1 Å². The quantitative estimate of drug-likeness (QED) is 0.740. The lowest BCUT2D eigenvalue weighted by molar-refractivity contribution is 0.101. The summed E-state index contributed by atoms with van der Waals surface area (Å²) in [5.74, 6) is 1.83. The van der Waals surface area contributed by atoms with Gasteiger partial charge in [0.1, 0.15) is 5.75 Å². The monoisotopic (exact) mass is 232 g/mol. The van der Waals surface area contributed by atoms with Gasteiger partial charge in [-0.25, -0.2) is 0 Å². The van der Waals surface area contributed by atoms with Crippen molar-refractivity contribution < 1.29 is 9.53 Å². The van der Waals surface area contributed by atoms with Crippen LogP contribution >= 0.6 is 0 Å². The molecule has 2 rings (SSSR count). The van der Waals surface area contributed by atoms with E-state index in [1.165, 1.54) is 12.8 Å². The average molecular weight is 232 g/mol. The molecule has 0 N–H and O–H groups in total. The summed E-state index contributed by atoms with van der Waals surface area (Å²) >= 11 is 0. The first-order chi connectivity index (χ1) is 8.15. The van der Waals surface area contributed by atoms with Gasteiger partial charge >= 0.3 is 0 Å². The minimum Gasteiger partial charge on any atom is -0.490 e. The lowest BCUT2D eigenvalue weighted by atomic mass is 9.89. The molecule has 2 heteroatoms. The molecule has 0 spiro atoms. The fourth-order valence-electron chi connectivity index (χ4n) is 2.31. The summed E-state index contributed by atoms with van der Waals surface area (Å²) in [6.45, 7) is 3.89. The molecule has 1 aromatic carbocycles. The fraction of sp³-hybridized carbons (Fsp3) is 0.533. The van der Waals surface area contributed by atoms with Crippen molar-refractivity contribution in [3.05, 3.63) is 29.8 Å². The molecular formula is C15H20O2. The third-order valence-corrected chi connectivity index (χ3v) is 3.53. The third-order valence-electron chi connectivity index (χ3n) is 3.53. The largest absolute Gasteiger partial charge is 0.490 e. The maximum atomic E-state index is 11.1. The first-order valence-corrected chi connectivity index (χ1v) is 6.43. The van der Waals surface area contributed by atoms with Crippen LogP contribution in [-0.4, -0.2) is 11.9 Å². The van der Waals surface area contributed by atoms with Crippen LogP contribution in [0.15, 0.2) is 24.3 Å². The summed E-state index contributed by atoms with van der Waals surface area (Å²) < 4.78 is 5.93. The van der Waals surface area contributed by atoms with Crippen molar-refractivity contribution >= 4 is 5.78 Å². The standard InChI is InChI=1S/C15H20O2/c1-11-3-7-14(8-4-11)17-15-9-5-13(6-10-15)12(2)16/h5-6,9-11,14H,3-4,7-8H2,1-2H3. The second-order valence-electron chi connectivity index (χ2n) is 5.08. The molecule has 0 bridgehead atoms. The number of ether oxygens (including phenoxy) is 1. The van der Waals surface area contributed by atoms with Crippen LogP contribution in [0, 0.1) is 5.92 Å². The zero-order valence-electron chi connectivity index (χ0n) is 10.6. The van der Waals surface area contributed by atoms with Gasteiger partial charge in [0.05, 0.1) is 6.10 Å². The van der Waals surface area contributed by atoms with Gasteiger partial charge in [-0.2, -0.15) is 0 Å². The van der Waals surface area contributed by atoms with E-state index in [1.807, 2.05) is 24.3 Å². The normalized spacial score (nSPS) is 24.4. The molecule has 0 aromatic heterocycles. The molecule has 2 nitrogen and oxygen atoms in total. The minimum atomic E-state index is 0.100. The Morgan fingerprint density at radius 1 is 1.12 bits per heavy atom. The second kappa shape index (κ2) is 5.35. The maximum Gasteiger partial charge on any atom is 0.159 e. The lowest BCUT2D eigenvalue weighted by Gasteiger charge is -2.26. The number of carbonyl (C=O) groups is 1. The number of ketones is 1. The van der Waals surface area contributed by atoms with Crippen molar-refractivity contribution in [3.63, 3.8) is 0 Å². The van der Waals surface area contributed by atoms with E-state index in [4.69, 9.17) is 4.74 Å². The molecule has 1 aliphatic carbocycles. The Hall–Kier alpha value is -1.31. The Balaban J connectivity index is 1.92. The van der Waals surface area contributed by atoms with Crippen molar-refractivity contribution in [2.75, 3.05) is 0 Å². The second-order valence-corrected chi connectivity index (χ2v) is 5.08. The zero-order chi connectivity index (χ0) is 12.3. The molecule has 0 aliphatic heterocycles. The van der Waals surface area contributed by atoms with Crippen LogP contribution in [0.25, 0.3) is 0 Å². The molecule has 0 unspecified atom stereocenters. The number of Topliss-reactive ketones (excluding diaryl/α,β-unsaturated/α-hetero) is 1. The van der Waals surface area contributed by atoms with E-state index in [2.05, 4.69) is 6.92 Å². The summed E-state index contributed by atoms with van der Waals surface area (Å²) in [4.78, 5) is 11.1. The van der Waals surface area contributed by atoms with Crippen molar-refractivity contribution in [1.82, 2.24) is 0 Å². The van der Waals surface area contributed by atoms with Crippen molar-refractivity contribution in [2.24, 2.45) is 5.92 Å². The fourth-order valence-corrected chi connectivity index (χ4v) is 2.31. The molecule has 17 heavy (non-hydrogen) atoms. The number of carbonyl (C=O) groups excluding carboxylic acids is 1. The van der Waals surface area contributed by atoms with Crippen molar-refractivity contribution in [3.8, 4) is 5.75 Å². The zero-order valence-corrected chi connectivity index (χ0v) is 10.6. The Morgan fingerprint density at radius 2 is 1.71 bits per heavy atom. The van der Waals surface area contributed by atoms with Crippen LogP contribution in [0.1, 0.15) is 49.9 Å². The molecule has 1 aliphatic rings. The van der Waals surface area contributed by atoms with Crippen LogP contribution in [-0.2, 0) is 0 Å². The molecule has 0 radical (unpaired) electrons. The van der Waals surface area contributed by atoms with E-state index in [-0.39, 0.29) is 5.78 Å². The Bertz CT molecular complexity index is 372. The highest BCUT2D eigenvalue weighted by molar-refractivity contribution is 5.94. The van der Waals surface area contributed by atoms with E-state index in [0.29, 0.717) is 6.10 Å². The molecule has 0 amide bonds. The van der Waals surface area contributed by atoms with E-state index < -0.39 is 0 Å². The highest BCUT2D eigenvalue weighted by Crippen LogP contribution is 2.27. The predicted octanol–water partition coefficient (Wildman–Crippen LogP) is 3.85. The maximum absolute atomic E-state index is 11.1. The molecular weight excluding hydrogens is 212 g/mol. The van der Waals surface area contributed by atoms with Crippen molar-refractivity contribution in [2.45, 2.75) is 45.6 Å². The van der Waals surface area contributed by atoms with Gasteiger partial charge in [0.15, 0.2) is 5.78 Å². The van der Waals surface area contributed by atoms with Crippen LogP contribution in [0.5, 0.6) is 5.75 Å². The molecule has 1 aromatic rings. The first-order valence-electron chi connectivity index (χ1n) is 6.43. The van der Waals surface area contributed by atoms with Gasteiger partial charge in [-0.15, -0.1) is 0 Å². The highest BCUT2D eigenvalue weighted by atomic mass is 16.5. The van der Waals surface area contributed by atoms with Crippen molar-refractivity contribution in [1.29, 1.82) is 0 Å². The van der Waals surface area contributed by atoms with Crippen LogP contribution in [0.2, 0.25) is 0 Å². The summed E-state index contributed by atoms with van der Waals surface area (Å²) in [5.41, 5.74) is 0.745. The summed E-state index contributed by atoms with van der Waals surface area (Å²) in [6, 6.07) is 7.47. The highest BCUT2D eigenvalue weighted by Gasteiger charge is 2.19. The van der Waals surface area contributed by atoms with E-state index in [9.17, 15) is 4.79 Å². The topological polar surface area (TPSA) is 26.3 Å². The van der Waals surface area contributed by atoms with Gasteiger partial charge in [0, 0.05) is 5.56 Å². The van der Waals surface area contributed by atoms with Gasteiger partial charge in [0.2, 0.25) is 0 Å². The molecule has 1 fully saturated rings. The summed E-state index contributed by atoms with van der Waals surface area (Å²) in [7, 11) is 0. The Labute approximate surface area is 103 Å². The van der Waals surface area contributed by atoms with E-state index >= 15 is 0 Å². The smallest absolute Gasteiger partial charge is 0.159 e. The van der Waals surface area contributed by atoms with Gasteiger partial charge in [-0.1, -0.05) is 6.92 Å². The summed E-state index contributed by atoms with van der Waals surface area (Å²) in [6.07, 6.45) is 5.17. The van der Waals surface area contributed by atoms with Crippen LogP contribution < -0.4 is 4.74 Å². The molecule has 0 heterocycles. The molecule has 92 valence electrons. The van der Waals surface area contributed by atoms with Crippen LogP contribution in [0.3, 0.4) is 0 Å². The van der Waals surface area contributed by atoms with Gasteiger partial charge in [0.25, 0.3) is 0 Å². The summed E-state index contributed by atoms with van der Waals surface area (Å²) in [5, 5.41) is 0. The number of hydrogen-bond donors (Lipinski definition) is 0. The van der Waals surface area contributed by atoms with E-state index in [1.54, 1.807) is 6.92 Å². The average Bonchev–Trinajstić information content (AvgIpc) is 2.33. The van der Waals surface area contributed by atoms with Gasteiger partial charge in [-0.3, -0.25) is 4.79 Å². The van der Waals surface area contributed by atoms with Gasteiger partial charge < -0.3 is 4.74 Å². The first kappa shape index (κ1) is 12.2. The number of hydrogen-bond acceptors (Lipinski definition) is 2.